The zero-order valence-corrected chi connectivity index (χ0v) is 15.9. The fourth-order valence-corrected chi connectivity index (χ4v) is 4.32. The summed E-state index contributed by atoms with van der Waals surface area (Å²) in [4.78, 5) is 38.5. The van der Waals surface area contributed by atoms with Gasteiger partial charge < -0.3 is 0 Å². The minimum atomic E-state index is -0.450. The van der Waals surface area contributed by atoms with Gasteiger partial charge in [-0.2, -0.15) is 0 Å². The number of aromatic nitrogens is 3. The lowest BCUT2D eigenvalue weighted by molar-refractivity contribution is -0.384. The molecular formula is C24H12N4O3. The maximum Gasteiger partial charge on any atom is 0.277 e. The van der Waals surface area contributed by atoms with Crippen LogP contribution in [0.15, 0.2) is 73.1 Å². The molecule has 0 bridgehead atoms. The van der Waals surface area contributed by atoms with E-state index < -0.39 is 4.92 Å². The normalized spacial score (nSPS) is 12.2. The number of hydrogen-bond donors (Lipinski definition) is 0. The third-order valence-electron chi connectivity index (χ3n) is 5.62. The van der Waals surface area contributed by atoms with Gasteiger partial charge >= 0.3 is 0 Å². The van der Waals surface area contributed by atoms with E-state index in [4.69, 9.17) is 0 Å². The molecule has 7 heteroatoms. The Morgan fingerprint density at radius 3 is 2.35 bits per heavy atom. The van der Waals surface area contributed by atoms with E-state index in [1.54, 1.807) is 36.7 Å². The van der Waals surface area contributed by atoms with Gasteiger partial charge in [-0.3, -0.25) is 24.9 Å². The monoisotopic (exact) mass is 404 g/mol. The number of fused-ring (bicyclic) bond motifs is 4. The molecule has 0 fully saturated rings. The van der Waals surface area contributed by atoms with Crippen LogP contribution in [-0.2, 0) is 0 Å². The summed E-state index contributed by atoms with van der Waals surface area (Å²) in [5.41, 5.74) is 2.97. The van der Waals surface area contributed by atoms with Crippen LogP contribution in [0.25, 0.3) is 44.2 Å². The lowest BCUT2D eigenvalue weighted by Gasteiger charge is -2.20. The number of hydrogen-bond acceptors (Lipinski definition) is 6. The second-order valence-electron chi connectivity index (χ2n) is 7.25. The number of nitrogens with zero attached hydrogens (tertiary/aromatic N) is 4. The Kier molecular flexibility index (Phi) is 3.49. The minimum Gasteiger partial charge on any atom is -0.287 e. The third-order valence-corrected chi connectivity index (χ3v) is 5.62. The van der Waals surface area contributed by atoms with Gasteiger partial charge in [-0.05, 0) is 29.7 Å². The van der Waals surface area contributed by atoms with Crippen LogP contribution in [0, 0.1) is 10.1 Å². The zero-order chi connectivity index (χ0) is 21.1. The first-order valence-corrected chi connectivity index (χ1v) is 9.60. The van der Waals surface area contributed by atoms with Crippen LogP contribution < -0.4 is 0 Å². The Morgan fingerprint density at radius 2 is 1.48 bits per heavy atom. The Morgan fingerprint density at radius 1 is 0.742 bits per heavy atom. The molecule has 0 amide bonds. The van der Waals surface area contributed by atoms with E-state index in [1.807, 2.05) is 30.3 Å². The molecule has 0 aliphatic heterocycles. The van der Waals surface area contributed by atoms with Crippen LogP contribution in [0.1, 0.15) is 16.1 Å². The van der Waals surface area contributed by atoms with Crippen LogP contribution in [-0.4, -0.2) is 25.7 Å². The summed E-state index contributed by atoms with van der Waals surface area (Å²) in [6, 6.07) is 17.5. The van der Waals surface area contributed by atoms with Gasteiger partial charge in [-0.1, -0.05) is 30.3 Å². The van der Waals surface area contributed by atoms with Crippen LogP contribution in [0.3, 0.4) is 0 Å². The zero-order valence-electron chi connectivity index (χ0n) is 15.9. The van der Waals surface area contributed by atoms with Crippen LogP contribution in [0.4, 0.5) is 5.69 Å². The summed E-state index contributed by atoms with van der Waals surface area (Å²) < 4.78 is 0. The van der Waals surface area contributed by atoms with Gasteiger partial charge in [0.25, 0.3) is 5.69 Å². The molecule has 5 aromatic rings. The standard InChI is InChI=1S/C24H12N4O3/c29-24-20-16(14-6-2-4-8-18(14)28(30)31)10-12-26-22(20)21-19-15(9-11-25-21)13-5-1-3-7-17(13)27-23(19)24/h1-12H. The lowest BCUT2D eigenvalue weighted by Crippen LogP contribution is -2.16. The second-order valence-corrected chi connectivity index (χ2v) is 7.25. The SMILES string of the molecule is O=C1c2c(-c3ccccc3[N+](=O)[O-])ccnc2-c2nccc3c2c1nc1ccccc13. The smallest absolute Gasteiger partial charge is 0.277 e. The molecule has 3 heterocycles. The van der Waals surface area contributed by atoms with Gasteiger partial charge in [0, 0.05) is 34.8 Å². The van der Waals surface area contributed by atoms with Gasteiger partial charge in [0.1, 0.15) is 11.4 Å². The number of pyridine rings is 3. The molecule has 1 aliphatic rings. The quantitative estimate of drug-likeness (QED) is 0.230. The summed E-state index contributed by atoms with van der Waals surface area (Å²) in [6.07, 6.45) is 3.24. The highest BCUT2D eigenvalue weighted by atomic mass is 16.6. The lowest BCUT2D eigenvalue weighted by atomic mass is 9.86. The van der Waals surface area contributed by atoms with Crippen molar-refractivity contribution in [3.63, 3.8) is 0 Å². The minimum absolute atomic E-state index is 0.0767. The molecule has 0 N–H and O–H groups in total. The fourth-order valence-electron chi connectivity index (χ4n) is 4.32. The van der Waals surface area contributed by atoms with Crippen LogP contribution in [0.2, 0.25) is 0 Å². The number of carbonyl (C=O) groups excluding carboxylic acids is 1. The Labute approximate surface area is 175 Å². The van der Waals surface area contributed by atoms with Gasteiger partial charge in [0.05, 0.1) is 27.3 Å². The Hall–Kier alpha value is -4.52. The summed E-state index contributed by atoms with van der Waals surface area (Å²) in [6.45, 7) is 0. The number of carbonyl (C=O) groups is 1. The topological polar surface area (TPSA) is 98.9 Å². The number of nitro groups is 1. The van der Waals surface area contributed by atoms with Gasteiger partial charge in [-0.25, -0.2) is 4.98 Å². The van der Waals surface area contributed by atoms with Crippen molar-refractivity contribution >= 4 is 33.1 Å². The van der Waals surface area contributed by atoms with Crippen molar-refractivity contribution in [2.24, 2.45) is 0 Å². The summed E-state index contributed by atoms with van der Waals surface area (Å²) >= 11 is 0. The van der Waals surface area contributed by atoms with Crippen molar-refractivity contribution in [3.8, 4) is 22.5 Å². The first kappa shape index (κ1) is 17.3. The molecular weight excluding hydrogens is 392 g/mol. The van der Waals surface area contributed by atoms with E-state index >= 15 is 0 Å². The average molecular weight is 404 g/mol. The first-order chi connectivity index (χ1) is 15.1. The maximum absolute atomic E-state index is 13.7. The van der Waals surface area contributed by atoms with Crippen LogP contribution >= 0.6 is 0 Å². The van der Waals surface area contributed by atoms with Crippen molar-refractivity contribution < 1.29 is 9.72 Å². The average Bonchev–Trinajstić information content (AvgIpc) is 2.81. The third kappa shape index (κ3) is 2.34. The number of ketones is 1. The second kappa shape index (κ2) is 6.24. The van der Waals surface area contributed by atoms with Gasteiger partial charge in [0.2, 0.25) is 5.78 Å². The van der Waals surface area contributed by atoms with E-state index in [0.717, 1.165) is 10.8 Å². The van der Waals surface area contributed by atoms with Crippen molar-refractivity contribution in [2.75, 3.05) is 0 Å². The van der Waals surface area contributed by atoms with E-state index in [1.165, 1.54) is 6.07 Å². The highest BCUT2D eigenvalue weighted by molar-refractivity contribution is 6.28. The molecule has 0 saturated carbocycles. The van der Waals surface area contributed by atoms with Crippen LogP contribution in [0.5, 0.6) is 0 Å². The predicted octanol–water partition coefficient (Wildman–Crippen LogP) is 4.96. The maximum atomic E-state index is 13.7. The number of para-hydroxylation sites is 2. The molecule has 0 unspecified atom stereocenters. The molecule has 0 saturated heterocycles. The number of nitro benzene ring substituents is 1. The van der Waals surface area contributed by atoms with E-state index in [2.05, 4.69) is 15.0 Å². The Balaban J connectivity index is 1.75. The summed E-state index contributed by atoms with van der Waals surface area (Å²) in [7, 11) is 0. The van der Waals surface area contributed by atoms with E-state index in [9.17, 15) is 14.9 Å². The number of benzene rings is 2. The summed E-state index contributed by atoms with van der Waals surface area (Å²) in [5, 5.41) is 14.1. The molecule has 31 heavy (non-hydrogen) atoms. The molecule has 0 spiro atoms. The fraction of sp³-hybridized carbons (Fsp3) is 0. The molecule has 7 nitrogen and oxygen atoms in total. The Bertz CT molecular complexity index is 1590. The molecule has 2 aromatic carbocycles. The molecule has 3 aromatic heterocycles. The predicted molar refractivity (Wildman–Crippen MR) is 116 cm³/mol. The molecule has 1 aliphatic carbocycles. The number of rotatable bonds is 2. The van der Waals surface area contributed by atoms with Crippen molar-refractivity contribution in [1.29, 1.82) is 0 Å². The molecule has 0 atom stereocenters. The largest absolute Gasteiger partial charge is 0.287 e. The first-order valence-electron chi connectivity index (χ1n) is 9.60. The molecule has 0 radical (unpaired) electrons. The van der Waals surface area contributed by atoms with Gasteiger partial charge in [0.15, 0.2) is 0 Å². The highest BCUT2D eigenvalue weighted by Crippen LogP contribution is 2.43. The summed E-state index contributed by atoms with van der Waals surface area (Å²) in [5.74, 6) is -0.312. The van der Waals surface area contributed by atoms with Crippen molar-refractivity contribution in [3.05, 3.63) is 94.4 Å². The van der Waals surface area contributed by atoms with E-state index in [-0.39, 0.29) is 22.7 Å². The van der Waals surface area contributed by atoms with Crippen molar-refractivity contribution in [2.45, 2.75) is 0 Å². The highest BCUT2D eigenvalue weighted by Gasteiger charge is 2.33. The van der Waals surface area contributed by atoms with E-state index in [0.29, 0.717) is 33.4 Å². The van der Waals surface area contributed by atoms with Crippen molar-refractivity contribution in [1.82, 2.24) is 15.0 Å². The molecule has 146 valence electrons. The van der Waals surface area contributed by atoms with Gasteiger partial charge in [-0.15, -0.1) is 0 Å². The molecule has 6 rings (SSSR count).